The summed E-state index contributed by atoms with van der Waals surface area (Å²) >= 11 is 5.15. The average molecular weight is 251 g/mol. The molecular formula is C13H17NO2S. The Kier molecular flexibility index (Phi) is 4.20. The molecule has 0 radical (unpaired) electrons. The number of thiocarbonyl (C=S) groups is 1. The zero-order valence-electron chi connectivity index (χ0n) is 9.69. The first-order valence-electron chi connectivity index (χ1n) is 6.01. The summed E-state index contributed by atoms with van der Waals surface area (Å²) in [5.41, 5.74) is 0. The number of hydrogen-bond acceptors (Lipinski definition) is 3. The van der Waals surface area contributed by atoms with Crippen LogP contribution in [0.15, 0.2) is 24.3 Å². The van der Waals surface area contributed by atoms with Crippen molar-refractivity contribution in [3.8, 4) is 11.5 Å². The van der Waals surface area contributed by atoms with Crippen molar-refractivity contribution < 1.29 is 9.84 Å². The van der Waals surface area contributed by atoms with Gasteiger partial charge in [-0.3, -0.25) is 0 Å². The molecule has 0 bridgehead atoms. The molecule has 2 rings (SSSR count). The standard InChI is InChI=1S/C13H17NO2S/c15-11-6-8-12(9-7-11)16-13(17)14-10-4-2-1-3-5-10/h6-10,15H,1-5H2,(H,14,17). The Hall–Kier alpha value is -1.29. The zero-order valence-corrected chi connectivity index (χ0v) is 10.5. The minimum atomic E-state index is 0.225. The predicted octanol–water partition coefficient (Wildman–Crippen LogP) is 2.98. The molecule has 1 aromatic carbocycles. The highest BCUT2D eigenvalue weighted by Gasteiger charge is 2.14. The number of hydrogen-bond donors (Lipinski definition) is 2. The molecule has 17 heavy (non-hydrogen) atoms. The highest BCUT2D eigenvalue weighted by molar-refractivity contribution is 7.80. The third-order valence-corrected chi connectivity index (χ3v) is 3.18. The molecule has 0 heterocycles. The van der Waals surface area contributed by atoms with Crippen LogP contribution in [-0.2, 0) is 0 Å². The van der Waals surface area contributed by atoms with Crippen molar-refractivity contribution in [3.63, 3.8) is 0 Å². The van der Waals surface area contributed by atoms with Crippen LogP contribution in [0.5, 0.6) is 11.5 Å². The van der Waals surface area contributed by atoms with Crippen molar-refractivity contribution in [2.45, 2.75) is 38.1 Å². The van der Waals surface area contributed by atoms with Gasteiger partial charge in [0.25, 0.3) is 5.17 Å². The number of phenols is 1. The van der Waals surface area contributed by atoms with E-state index in [4.69, 9.17) is 22.1 Å². The van der Waals surface area contributed by atoms with Crippen LogP contribution in [0.2, 0.25) is 0 Å². The normalized spacial score (nSPS) is 16.5. The summed E-state index contributed by atoms with van der Waals surface area (Å²) in [4.78, 5) is 0. The first kappa shape index (κ1) is 12.2. The van der Waals surface area contributed by atoms with Gasteiger partial charge in [-0.1, -0.05) is 19.3 Å². The highest BCUT2D eigenvalue weighted by Crippen LogP contribution is 2.19. The minimum absolute atomic E-state index is 0.225. The molecule has 0 saturated heterocycles. The van der Waals surface area contributed by atoms with Crippen molar-refractivity contribution in [2.24, 2.45) is 0 Å². The molecule has 4 heteroatoms. The van der Waals surface area contributed by atoms with Crippen molar-refractivity contribution >= 4 is 17.4 Å². The molecule has 0 amide bonds. The molecule has 3 nitrogen and oxygen atoms in total. The van der Waals surface area contributed by atoms with Crippen LogP contribution < -0.4 is 10.1 Å². The van der Waals surface area contributed by atoms with Crippen LogP contribution in [0.3, 0.4) is 0 Å². The molecule has 0 aliphatic heterocycles. The van der Waals surface area contributed by atoms with E-state index in [2.05, 4.69) is 5.32 Å². The zero-order chi connectivity index (χ0) is 12.1. The lowest BCUT2D eigenvalue weighted by molar-refractivity contribution is 0.393. The van der Waals surface area contributed by atoms with E-state index in [-0.39, 0.29) is 5.75 Å². The van der Waals surface area contributed by atoms with E-state index in [0.29, 0.717) is 17.0 Å². The fourth-order valence-corrected chi connectivity index (χ4v) is 2.33. The molecule has 92 valence electrons. The quantitative estimate of drug-likeness (QED) is 0.793. The second-order valence-corrected chi connectivity index (χ2v) is 4.73. The summed E-state index contributed by atoms with van der Waals surface area (Å²) in [6.45, 7) is 0. The number of ether oxygens (including phenoxy) is 1. The van der Waals surface area contributed by atoms with E-state index in [9.17, 15) is 0 Å². The van der Waals surface area contributed by atoms with Crippen molar-refractivity contribution in [2.75, 3.05) is 0 Å². The van der Waals surface area contributed by atoms with Gasteiger partial charge in [0.05, 0.1) is 0 Å². The van der Waals surface area contributed by atoms with Gasteiger partial charge in [0.2, 0.25) is 0 Å². The molecule has 1 saturated carbocycles. The molecule has 2 N–H and O–H groups in total. The predicted molar refractivity (Wildman–Crippen MR) is 71.3 cm³/mol. The van der Waals surface area contributed by atoms with E-state index in [1.807, 2.05) is 0 Å². The molecule has 0 unspecified atom stereocenters. The van der Waals surface area contributed by atoms with Crippen molar-refractivity contribution in [1.82, 2.24) is 5.32 Å². The van der Waals surface area contributed by atoms with Gasteiger partial charge in [0.15, 0.2) is 0 Å². The smallest absolute Gasteiger partial charge is 0.262 e. The summed E-state index contributed by atoms with van der Waals surface area (Å²) in [5.74, 6) is 0.875. The number of phenolic OH excluding ortho intramolecular Hbond substituents is 1. The maximum Gasteiger partial charge on any atom is 0.262 e. The molecule has 1 aliphatic carbocycles. The summed E-state index contributed by atoms with van der Waals surface area (Å²) in [6.07, 6.45) is 6.18. The Bertz CT molecular complexity index is 372. The third-order valence-electron chi connectivity index (χ3n) is 2.97. The first-order valence-corrected chi connectivity index (χ1v) is 6.42. The van der Waals surface area contributed by atoms with Gasteiger partial charge in [-0.2, -0.15) is 0 Å². The van der Waals surface area contributed by atoms with E-state index in [1.54, 1.807) is 24.3 Å². The Labute approximate surface area is 107 Å². The van der Waals surface area contributed by atoms with E-state index in [0.717, 1.165) is 0 Å². The van der Waals surface area contributed by atoms with Crippen LogP contribution in [0, 0.1) is 0 Å². The lowest BCUT2D eigenvalue weighted by Crippen LogP contribution is -2.37. The van der Waals surface area contributed by atoms with Gasteiger partial charge < -0.3 is 15.2 Å². The number of nitrogens with one attached hydrogen (secondary N) is 1. The van der Waals surface area contributed by atoms with Crippen molar-refractivity contribution in [1.29, 1.82) is 0 Å². The van der Waals surface area contributed by atoms with Crippen LogP contribution in [0.4, 0.5) is 0 Å². The second-order valence-electron chi connectivity index (χ2n) is 4.36. The third kappa shape index (κ3) is 3.89. The summed E-state index contributed by atoms with van der Waals surface area (Å²) in [6, 6.07) is 7.01. The average Bonchev–Trinajstić information content (AvgIpc) is 2.33. The van der Waals surface area contributed by atoms with Crippen molar-refractivity contribution in [3.05, 3.63) is 24.3 Å². The van der Waals surface area contributed by atoms with Crippen LogP contribution in [0.25, 0.3) is 0 Å². The van der Waals surface area contributed by atoms with E-state index >= 15 is 0 Å². The Morgan fingerprint density at radius 3 is 2.47 bits per heavy atom. The molecule has 1 aliphatic rings. The maximum absolute atomic E-state index is 9.15. The topological polar surface area (TPSA) is 41.5 Å². The Balaban J connectivity index is 1.82. The van der Waals surface area contributed by atoms with Crippen LogP contribution in [-0.4, -0.2) is 16.3 Å². The summed E-state index contributed by atoms with van der Waals surface area (Å²) < 4.78 is 5.48. The molecular weight excluding hydrogens is 234 g/mol. The molecule has 0 atom stereocenters. The second kappa shape index (κ2) is 5.87. The Morgan fingerprint density at radius 1 is 1.18 bits per heavy atom. The fourth-order valence-electron chi connectivity index (χ4n) is 2.06. The largest absolute Gasteiger partial charge is 0.508 e. The van der Waals surface area contributed by atoms with Gasteiger partial charge in [-0.15, -0.1) is 0 Å². The van der Waals surface area contributed by atoms with E-state index < -0.39 is 0 Å². The summed E-state index contributed by atoms with van der Waals surface area (Å²) in [7, 11) is 0. The number of aromatic hydroxyl groups is 1. The molecule has 0 spiro atoms. The van der Waals surface area contributed by atoms with Crippen LogP contribution >= 0.6 is 12.2 Å². The monoisotopic (exact) mass is 251 g/mol. The number of benzene rings is 1. The van der Waals surface area contributed by atoms with Gasteiger partial charge in [0, 0.05) is 6.04 Å². The number of rotatable bonds is 2. The minimum Gasteiger partial charge on any atom is -0.508 e. The first-order chi connectivity index (χ1) is 8.24. The van der Waals surface area contributed by atoms with Gasteiger partial charge >= 0.3 is 0 Å². The van der Waals surface area contributed by atoms with E-state index in [1.165, 1.54) is 32.1 Å². The summed E-state index contributed by atoms with van der Waals surface area (Å²) in [5, 5.41) is 12.8. The molecule has 0 aromatic heterocycles. The highest BCUT2D eigenvalue weighted by atomic mass is 32.1. The Morgan fingerprint density at radius 2 is 1.82 bits per heavy atom. The maximum atomic E-state index is 9.15. The van der Waals surface area contributed by atoms with Gasteiger partial charge in [0.1, 0.15) is 11.5 Å². The lowest BCUT2D eigenvalue weighted by Gasteiger charge is -2.23. The van der Waals surface area contributed by atoms with Gasteiger partial charge in [-0.05, 0) is 49.3 Å². The fraction of sp³-hybridized carbons (Fsp3) is 0.462. The lowest BCUT2D eigenvalue weighted by atomic mass is 9.96. The molecule has 1 aromatic rings. The van der Waals surface area contributed by atoms with Crippen LogP contribution in [0.1, 0.15) is 32.1 Å². The van der Waals surface area contributed by atoms with Gasteiger partial charge in [-0.25, -0.2) is 0 Å². The molecule has 1 fully saturated rings. The SMILES string of the molecule is Oc1ccc(OC(=S)NC2CCCCC2)cc1.